The first kappa shape index (κ1) is 18.4. The molecule has 0 bridgehead atoms. The van der Waals surface area contributed by atoms with Crippen LogP contribution in [0.25, 0.3) is 17.8 Å². The molecule has 7 heteroatoms. The van der Waals surface area contributed by atoms with Gasteiger partial charge in [-0.15, -0.1) is 11.3 Å². The molecule has 26 heavy (non-hydrogen) atoms. The lowest BCUT2D eigenvalue weighted by Crippen LogP contribution is -2.22. The second-order valence-corrected chi connectivity index (χ2v) is 8.40. The van der Waals surface area contributed by atoms with Crippen LogP contribution in [0.5, 0.6) is 0 Å². The SMILES string of the molecule is CC(C)(C)C(=O)C=c1[nH]c(=O)c(=Cc2cnn(-c3ccc(Cl)cc3)c2)s1. The van der Waals surface area contributed by atoms with E-state index in [9.17, 15) is 9.59 Å². The minimum Gasteiger partial charge on any atom is -0.313 e. The summed E-state index contributed by atoms with van der Waals surface area (Å²) in [7, 11) is 0. The van der Waals surface area contributed by atoms with E-state index >= 15 is 0 Å². The Morgan fingerprint density at radius 2 is 1.96 bits per heavy atom. The summed E-state index contributed by atoms with van der Waals surface area (Å²) in [5, 5.41) is 4.96. The Morgan fingerprint density at radius 1 is 1.27 bits per heavy atom. The van der Waals surface area contributed by atoms with Gasteiger partial charge in [0, 0.05) is 28.3 Å². The first-order valence-electron chi connectivity index (χ1n) is 8.00. The first-order valence-corrected chi connectivity index (χ1v) is 9.19. The predicted octanol–water partition coefficient (Wildman–Crippen LogP) is 2.50. The van der Waals surface area contributed by atoms with E-state index in [0.717, 1.165) is 11.3 Å². The third-order valence-corrected chi connectivity index (χ3v) is 4.89. The lowest BCUT2D eigenvalue weighted by Gasteiger charge is -2.12. The monoisotopic (exact) mass is 387 g/mol. The molecule has 2 aromatic heterocycles. The molecule has 0 atom stereocenters. The normalized spacial score (nSPS) is 13.4. The van der Waals surface area contributed by atoms with E-state index in [1.807, 2.05) is 39.1 Å². The minimum absolute atomic E-state index is 0.0305. The molecule has 0 aliphatic rings. The zero-order valence-electron chi connectivity index (χ0n) is 14.6. The highest BCUT2D eigenvalue weighted by Gasteiger charge is 2.18. The van der Waals surface area contributed by atoms with Crippen LogP contribution in [0.2, 0.25) is 5.02 Å². The van der Waals surface area contributed by atoms with Crippen molar-refractivity contribution in [3.05, 3.63) is 66.8 Å². The predicted molar refractivity (Wildman–Crippen MR) is 105 cm³/mol. The van der Waals surface area contributed by atoms with Gasteiger partial charge < -0.3 is 4.98 Å². The van der Waals surface area contributed by atoms with Gasteiger partial charge in [0.05, 0.1) is 21.1 Å². The molecule has 0 saturated carbocycles. The molecule has 3 rings (SSSR count). The van der Waals surface area contributed by atoms with Gasteiger partial charge in [-0.2, -0.15) is 5.10 Å². The summed E-state index contributed by atoms with van der Waals surface area (Å²) in [6.07, 6.45) is 6.74. The molecule has 0 fully saturated rings. The summed E-state index contributed by atoms with van der Waals surface area (Å²) < 4.78 is 2.78. The number of halogens is 1. The highest BCUT2D eigenvalue weighted by atomic mass is 35.5. The van der Waals surface area contributed by atoms with Crippen molar-refractivity contribution < 1.29 is 4.79 Å². The zero-order valence-corrected chi connectivity index (χ0v) is 16.2. The van der Waals surface area contributed by atoms with Crippen LogP contribution in [0, 0.1) is 5.41 Å². The van der Waals surface area contributed by atoms with E-state index in [1.54, 1.807) is 29.1 Å². The van der Waals surface area contributed by atoms with Crippen molar-refractivity contribution in [2.75, 3.05) is 0 Å². The van der Waals surface area contributed by atoms with Gasteiger partial charge in [0.25, 0.3) is 5.56 Å². The molecule has 0 aliphatic heterocycles. The zero-order chi connectivity index (χ0) is 18.9. The molecule has 3 aromatic rings. The maximum absolute atomic E-state index is 12.1. The lowest BCUT2D eigenvalue weighted by atomic mass is 9.91. The number of ketones is 1. The molecule has 0 saturated heterocycles. The summed E-state index contributed by atoms with van der Waals surface area (Å²) in [6.45, 7) is 5.53. The van der Waals surface area contributed by atoms with Crippen molar-refractivity contribution in [3.63, 3.8) is 0 Å². The summed E-state index contributed by atoms with van der Waals surface area (Å²) in [5.41, 5.74) is 0.965. The van der Waals surface area contributed by atoms with Crippen LogP contribution < -0.4 is 14.8 Å². The minimum atomic E-state index is -0.482. The molecule has 2 heterocycles. The van der Waals surface area contributed by atoms with Crippen LogP contribution in [-0.4, -0.2) is 20.5 Å². The Bertz CT molecular complexity index is 1120. The van der Waals surface area contributed by atoms with E-state index in [4.69, 9.17) is 11.6 Å². The Labute approximate surface area is 159 Å². The number of hydrogen-bond acceptors (Lipinski definition) is 4. The fourth-order valence-corrected chi connectivity index (χ4v) is 3.17. The van der Waals surface area contributed by atoms with E-state index < -0.39 is 5.41 Å². The van der Waals surface area contributed by atoms with Crippen molar-refractivity contribution in [2.45, 2.75) is 20.8 Å². The van der Waals surface area contributed by atoms with Crippen LogP contribution in [-0.2, 0) is 4.79 Å². The fraction of sp³-hybridized carbons (Fsp3) is 0.211. The molecule has 1 N–H and O–H groups in total. The van der Waals surface area contributed by atoms with Gasteiger partial charge in [0.2, 0.25) is 0 Å². The number of nitrogens with zero attached hydrogens (tertiary/aromatic N) is 2. The average molecular weight is 388 g/mol. The van der Waals surface area contributed by atoms with Gasteiger partial charge in [0.15, 0.2) is 5.78 Å². The number of thiazole rings is 1. The molecule has 0 unspecified atom stereocenters. The van der Waals surface area contributed by atoms with E-state index in [0.29, 0.717) is 14.2 Å². The molecule has 5 nitrogen and oxygen atoms in total. The number of carbonyl (C=O) groups is 1. The van der Waals surface area contributed by atoms with Crippen molar-refractivity contribution in [1.29, 1.82) is 0 Å². The second kappa shape index (κ2) is 7.05. The molecule has 1 aromatic carbocycles. The van der Waals surface area contributed by atoms with Crippen molar-refractivity contribution in [1.82, 2.24) is 14.8 Å². The van der Waals surface area contributed by atoms with E-state index in [-0.39, 0.29) is 11.3 Å². The number of benzene rings is 1. The van der Waals surface area contributed by atoms with Crippen molar-refractivity contribution >= 4 is 40.9 Å². The molecule has 0 radical (unpaired) electrons. The van der Waals surface area contributed by atoms with Crippen LogP contribution in [0.15, 0.2) is 41.5 Å². The smallest absolute Gasteiger partial charge is 0.266 e. The topological polar surface area (TPSA) is 67.8 Å². The lowest BCUT2D eigenvalue weighted by molar-refractivity contribution is -0.119. The van der Waals surface area contributed by atoms with Crippen molar-refractivity contribution in [2.24, 2.45) is 5.41 Å². The van der Waals surface area contributed by atoms with Gasteiger partial charge in [-0.25, -0.2) is 4.68 Å². The summed E-state index contributed by atoms with van der Waals surface area (Å²) in [5.74, 6) is -0.0305. The van der Waals surface area contributed by atoms with E-state index in [2.05, 4.69) is 10.1 Å². The second-order valence-electron chi connectivity index (χ2n) is 6.88. The number of H-pyrrole nitrogens is 1. The Morgan fingerprint density at radius 3 is 2.62 bits per heavy atom. The number of aromatic amines is 1. The summed E-state index contributed by atoms with van der Waals surface area (Å²) in [4.78, 5) is 27.0. The van der Waals surface area contributed by atoms with Crippen molar-refractivity contribution in [3.8, 4) is 5.69 Å². The van der Waals surface area contributed by atoms with Gasteiger partial charge >= 0.3 is 0 Å². The van der Waals surface area contributed by atoms with E-state index in [1.165, 1.54) is 17.4 Å². The molecule has 0 spiro atoms. The Hall–Kier alpha value is -2.44. The maximum atomic E-state index is 12.1. The molecule has 134 valence electrons. The third kappa shape index (κ3) is 4.20. The fourth-order valence-electron chi connectivity index (χ4n) is 2.16. The standard InChI is InChI=1S/C19H18ClN3O2S/c1-19(2,3)16(24)9-17-22-18(25)15(26-17)8-12-10-21-23(11-12)14-6-4-13(20)5-7-14/h4-11H,1-3H3,(H,22,25). The van der Waals surface area contributed by atoms with Gasteiger partial charge in [-0.05, 0) is 30.3 Å². The van der Waals surface area contributed by atoms with Crippen LogP contribution >= 0.6 is 22.9 Å². The Balaban J connectivity index is 1.94. The largest absolute Gasteiger partial charge is 0.313 e. The van der Waals surface area contributed by atoms with Gasteiger partial charge in [0.1, 0.15) is 0 Å². The summed E-state index contributed by atoms with van der Waals surface area (Å²) in [6, 6.07) is 7.31. The number of aromatic nitrogens is 3. The highest BCUT2D eigenvalue weighted by molar-refractivity contribution is 7.07. The summed E-state index contributed by atoms with van der Waals surface area (Å²) >= 11 is 7.15. The molecular formula is C19H18ClN3O2S. The number of hydrogen-bond donors (Lipinski definition) is 1. The number of nitrogens with one attached hydrogen (secondary N) is 1. The number of Topliss-reactive ketones (excluding diaryl/α,β-unsaturated/α-hetero) is 1. The van der Waals surface area contributed by atoms with Crippen LogP contribution in [0.4, 0.5) is 0 Å². The maximum Gasteiger partial charge on any atom is 0.266 e. The molecule has 0 amide bonds. The average Bonchev–Trinajstić information content (AvgIpc) is 3.15. The molecule has 0 aliphatic carbocycles. The van der Waals surface area contributed by atoms with Crippen LogP contribution in [0.1, 0.15) is 26.3 Å². The number of rotatable bonds is 3. The van der Waals surface area contributed by atoms with Gasteiger partial charge in [-0.3, -0.25) is 9.59 Å². The highest BCUT2D eigenvalue weighted by Crippen LogP contribution is 2.15. The Kier molecular flexibility index (Phi) is 4.98. The number of carbonyl (C=O) groups excluding carboxylic acids is 1. The van der Waals surface area contributed by atoms with Gasteiger partial charge in [-0.1, -0.05) is 32.4 Å². The molecular weight excluding hydrogens is 370 g/mol. The van der Waals surface area contributed by atoms with Crippen LogP contribution in [0.3, 0.4) is 0 Å². The third-order valence-electron chi connectivity index (χ3n) is 3.67. The quantitative estimate of drug-likeness (QED) is 0.750. The first-order chi connectivity index (χ1) is 12.2.